The fraction of sp³-hybridized carbons (Fsp3) is 0.357. The number of hydrogen-bond acceptors (Lipinski definition) is 2. The van der Waals surface area contributed by atoms with Gasteiger partial charge in [0.2, 0.25) is 0 Å². The topological polar surface area (TPSA) is 29.9 Å². The van der Waals surface area contributed by atoms with Gasteiger partial charge in [0.25, 0.3) is 0 Å². The highest BCUT2D eigenvalue weighted by Crippen LogP contribution is 2.37. The Bertz CT molecular complexity index is 622. The van der Waals surface area contributed by atoms with E-state index in [4.69, 9.17) is 0 Å². The van der Waals surface area contributed by atoms with E-state index in [0.29, 0.717) is 12.1 Å². The van der Waals surface area contributed by atoms with Crippen molar-refractivity contribution in [2.24, 2.45) is 7.05 Å². The lowest BCUT2D eigenvalue weighted by Gasteiger charge is -2.20. The molecule has 0 fully saturated rings. The lowest BCUT2D eigenvalue weighted by Crippen LogP contribution is -2.24. The minimum Gasteiger partial charge on any atom is -0.305 e. The zero-order valence-electron chi connectivity index (χ0n) is 11.6. The predicted molar refractivity (Wildman–Crippen MR) is 77.9 cm³/mol. The van der Waals surface area contributed by atoms with Gasteiger partial charge < -0.3 is 5.32 Å². The summed E-state index contributed by atoms with van der Waals surface area (Å²) in [6.45, 7) is 2.54. The molecule has 114 valence electrons. The molecule has 0 radical (unpaired) electrons. The summed E-state index contributed by atoms with van der Waals surface area (Å²) in [6.07, 6.45) is -2.76. The summed E-state index contributed by atoms with van der Waals surface area (Å²) in [4.78, 5) is 0. The van der Waals surface area contributed by atoms with Gasteiger partial charge in [-0.25, -0.2) is 0 Å². The van der Waals surface area contributed by atoms with Crippen LogP contribution in [-0.2, 0) is 13.2 Å². The molecule has 3 nitrogen and oxygen atoms in total. The fourth-order valence-electron chi connectivity index (χ4n) is 2.20. The van der Waals surface area contributed by atoms with Gasteiger partial charge in [-0.3, -0.25) is 4.68 Å². The largest absolute Gasteiger partial charge is 0.417 e. The molecule has 7 heteroatoms. The predicted octanol–water partition coefficient (Wildman–Crippen LogP) is 3.90. The third kappa shape index (κ3) is 3.47. The molecule has 1 heterocycles. The SMILES string of the molecule is CCNC(c1ccc(Br)c(C(F)(F)F)c1)c1ccnn1C. The van der Waals surface area contributed by atoms with E-state index in [0.717, 1.165) is 5.69 Å². The van der Waals surface area contributed by atoms with E-state index in [1.54, 1.807) is 30.1 Å². The van der Waals surface area contributed by atoms with Crippen LogP contribution in [0.5, 0.6) is 0 Å². The van der Waals surface area contributed by atoms with Crippen LogP contribution in [0.1, 0.15) is 29.8 Å². The third-order valence-corrected chi connectivity index (χ3v) is 3.88. The Morgan fingerprint density at radius 2 is 2.05 bits per heavy atom. The molecule has 0 bridgehead atoms. The van der Waals surface area contributed by atoms with E-state index in [2.05, 4.69) is 26.3 Å². The summed E-state index contributed by atoms with van der Waals surface area (Å²) in [5, 5.41) is 7.28. The van der Waals surface area contributed by atoms with Crippen LogP contribution >= 0.6 is 15.9 Å². The second-order valence-corrected chi connectivity index (χ2v) is 5.46. The Balaban J connectivity index is 2.49. The van der Waals surface area contributed by atoms with Crippen LogP contribution in [-0.4, -0.2) is 16.3 Å². The first kappa shape index (κ1) is 16.0. The highest BCUT2D eigenvalue weighted by atomic mass is 79.9. The highest BCUT2D eigenvalue weighted by molar-refractivity contribution is 9.10. The van der Waals surface area contributed by atoms with E-state index >= 15 is 0 Å². The Hall–Kier alpha value is -1.34. The molecular formula is C14H15BrF3N3. The van der Waals surface area contributed by atoms with Crippen molar-refractivity contribution in [3.05, 3.63) is 51.8 Å². The highest BCUT2D eigenvalue weighted by Gasteiger charge is 2.34. The molecule has 1 atom stereocenters. The molecule has 0 aliphatic heterocycles. The van der Waals surface area contributed by atoms with Crippen LogP contribution < -0.4 is 5.32 Å². The molecule has 1 aromatic heterocycles. The Morgan fingerprint density at radius 3 is 2.57 bits per heavy atom. The number of hydrogen-bond donors (Lipinski definition) is 1. The van der Waals surface area contributed by atoms with Crippen molar-refractivity contribution in [1.29, 1.82) is 0 Å². The standard InChI is InChI=1S/C14H15BrF3N3/c1-3-19-13(12-6-7-20-21(12)2)9-4-5-11(15)10(8-9)14(16,17)18/h4-8,13,19H,3H2,1-2H3. The zero-order chi connectivity index (χ0) is 15.6. The van der Waals surface area contributed by atoms with Gasteiger partial charge in [0.05, 0.1) is 17.3 Å². The number of aromatic nitrogens is 2. The molecule has 21 heavy (non-hydrogen) atoms. The Labute approximate surface area is 129 Å². The van der Waals surface area contributed by atoms with E-state index in [9.17, 15) is 13.2 Å². The number of rotatable bonds is 4. The summed E-state index contributed by atoms with van der Waals surface area (Å²) in [5.41, 5.74) is 0.688. The molecule has 1 unspecified atom stereocenters. The monoisotopic (exact) mass is 361 g/mol. The zero-order valence-corrected chi connectivity index (χ0v) is 13.2. The van der Waals surface area contributed by atoms with Gasteiger partial charge >= 0.3 is 6.18 Å². The summed E-state index contributed by atoms with van der Waals surface area (Å²) in [7, 11) is 1.77. The molecule has 0 amide bonds. The smallest absolute Gasteiger partial charge is 0.305 e. The first-order valence-corrected chi connectivity index (χ1v) is 7.21. The van der Waals surface area contributed by atoms with Crippen molar-refractivity contribution >= 4 is 15.9 Å². The number of nitrogens with zero attached hydrogens (tertiary/aromatic N) is 2. The number of alkyl halides is 3. The average Bonchev–Trinajstić information content (AvgIpc) is 2.82. The third-order valence-electron chi connectivity index (χ3n) is 3.19. The maximum absolute atomic E-state index is 13.0. The average molecular weight is 362 g/mol. The fourth-order valence-corrected chi connectivity index (χ4v) is 2.68. The first-order valence-electron chi connectivity index (χ1n) is 6.42. The van der Waals surface area contributed by atoms with Gasteiger partial charge in [-0.1, -0.05) is 28.9 Å². The second kappa shape index (κ2) is 6.19. The second-order valence-electron chi connectivity index (χ2n) is 4.61. The molecule has 2 rings (SSSR count). The number of benzene rings is 1. The molecule has 0 aliphatic carbocycles. The van der Waals surface area contributed by atoms with Crippen LogP contribution in [0.4, 0.5) is 13.2 Å². The van der Waals surface area contributed by atoms with E-state index < -0.39 is 11.7 Å². The summed E-state index contributed by atoms with van der Waals surface area (Å²) in [6, 6.07) is 5.74. The van der Waals surface area contributed by atoms with Gasteiger partial charge in [0, 0.05) is 17.7 Å². The lowest BCUT2D eigenvalue weighted by molar-refractivity contribution is -0.138. The van der Waals surface area contributed by atoms with E-state index in [1.807, 2.05) is 6.92 Å². The molecule has 0 saturated heterocycles. The minimum absolute atomic E-state index is 0.0407. The van der Waals surface area contributed by atoms with Crippen LogP contribution in [0.2, 0.25) is 0 Å². The van der Waals surface area contributed by atoms with Gasteiger partial charge in [0.15, 0.2) is 0 Å². The maximum atomic E-state index is 13.0. The lowest BCUT2D eigenvalue weighted by atomic mass is 10.0. The van der Waals surface area contributed by atoms with Gasteiger partial charge in [-0.05, 0) is 30.3 Å². The summed E-state index contributed by atoms with van der Waals surface area (Å²) in [5.74, 6) is 0. The Kier molecular flexibility index (Phi) is 4.73. The van der Waals surface area contributed by atoms with Gasteiger partial charge in [-0.15, -0.1) is 0 Å². The molecule has 0 spiro atoms. The van der Waals surface area contributed by atoms with Crippen molar-refractivity contribution < 1.29 is 13.2 Å². The quantitative estimate of drug-likeness (QED) is 0.894. The summed E-state index contributed by atoms with van der Waals surface area (Å²) < 4.78 is 40.8. The molecule has 1 aromatic carbocycles. The number of nitrogens with one attached hydrogen (secondary N) is 1. The van der Waals surface area contributed by atoms with Crippen LogP contribution in [0.3, 0.4) is 0 Å². The first-order chi connectivity index (χ1) is 9.84. The maximum Gasteiger partial charge on any atom is 0.417 e. The molecule has 1 N–H and O–H groups in total. The van der Waals surface area contributed by atoms with Crippen molar-refractivity contribution in [2.45, 2.75) is 19.1 Å². The van der Waals surface area contributed by atoms with Gasteiger partial charge in [-0.2, -0.15) is 18.3 Å². The number of halogens is 4. The van der Waals surface area contributed by atoms with Crippen LogP contribution in [0, 0.1) is 0 Å². The molecule has 2 aromatic rings. The Morgan fingerprint density at radius 1 is 1.33 bits per heavy atom. The number of aryl methyl sites for hydroxylation is 1. The normalized spacial score (nSPS) is 13.4. The van der Waals surface area contributed by atoms with Crippen LogP contribution in [0.25, 0.3) is 0 Å². The molecular weight excluding hydrogens is 347 g/mol. The van der Waals surface area contributed by atoms with Crippen molar-refractivity contribution in [2.75, 3.05) is 6.54 Å². The minimum atomic E-state index is -4.39. The van der Waals surface area contributed by atoms with E-state index in [1.165, 1.54) is 12.1 Å². The van der Waals surface area contributed by atoms with E-state index in [-0.39, 0.29) is 10.5 Å². The molecule has 0 saturated carbocycles. The summed E-state index contributed by atoms with van der Waals surface area (Å²) >= 11 is 2.96. The van der Waals surface area contributed by atoms with Crippen LogP contribution in [0.15, 0.2) is 34.9 Å². The van der Waals surface area contributed by atoms with Gasteiger partial charge in [0.1, 0.15) is 0 Å². The van der Waals surface area contributed by atoms with Crippen molar-refractivity contribution in [3.8, 4) is 0 Å². The van der Waals surface area contributed by atoms with Crippen molar-refractivity contribution in [1.82, 2.24) is 15.1 Å². The van der Waals surface area contributed by atoms with Crippen molar-refractivity contribution in [3.63, 3.8) is 0 Å². The molecule has 0 aliphatic rings.